The number of likely N-dealkylation sites (tertiary alicyclic amines) is 1. The van der Waals surface area contributed by atoms with Crippen molar-refractivity contribution < 1.29 is 18.7 Å². The number of amides is 2. The zero-order chi connectivity index (χ0) is 17.2. The average Bonchev–Trinajstić information content (AvgIpc) is 2.91. The molecular formula is C18H23FN2O3. The Labute approximate surface area is 141 Å². The summed E-state index contributed by atoms with van der Waals surface area (Å²) in [6.07, 6.45) is 2.24. The molecule has 0 aromatic heterocycles. The molecule has 3 rings (SSSR count). The number of halogens is 1. The molecule has 1 aromatic carbocycles. The van der Waals surface area contributed by atoms with E-state index in [1.54, 1.807) is 17.0 Å². The first-order valence-electron chi connectivity index (χ1n) is 8.40. The van der Waals surface area contributed by atoms with Crippen LogP contribution in [0.25, 0.3) is 0 Å². The third-order valence-corrected chi connectivity index (χ3v) is 4.88. The standard InChI is InChI=1S/C18H23FN2O3/c1-18(8-2-10-24-12-18)17(23)20-15-7-9-21(16(15)22)11-13-3-5-14(19)6-4-13/h3-6,15H,2,7-12H2,1H3,(H,20,23). The average molecular weight is 334 g/mol. The fraction of sp³-hybridized carbons (Fsp3) is 0.556. The van der Waals surface area contributed by atoms with E-state index < -0.39 is 11.5 Å². The first-order valence-corrected chi connectivity index (χ1v) is 8.40. The van der Waals surface area contributed by atoms with Gasteiger partial charge in [-0.2, -0.15) is 0 Å². The molecule has 2 amide bonds. The van der Waals surface area contributed by atoms with Crippen molar-refractivity contribution >= 4 is 11.8 Å². The molecule has 0 radical (unpaired) electrons. The van der Waals surface area contributed by atoms with E-state index in [9.17, 15) is 14.0 Å². The van der Waals surface area contributed by atoms with E-state index in [0.717, 1.165) is 18.4 Å². The van der Waals surface area contributed by atoms with Gasteiger partial charge in [0.15, 0.2) is 0 Å². The Balaban J connectivity index is 1.57. The second-order valence-electron chi connectivity index (χ2n) is 6.92. The van der Waals surface area contributed by atoms with Gasteiger partial charge in [0, 0.05) is 19.7 Å². The van der Waals surface area contributed by atoms with Gasteiger partial charge in [-0.05, 0) is 43.9 Å². The predicted molar refractivity (Wildman–Crippen MR) is 86.5 cm³/mol. The summed E-state index contributed by atoms with van der Waals surface area (Å²) in [4.78, 5) is 26.7. The number of carbonyl (C=O) groups is 2. The Bertz CT molecular complexity index is 611. The van der Waals surface area contributed by atoms with E-state index >= 15 is 0 Å². The summed E-state index contributed by atoms with van der Waals surface area (Å²) in [5.74, 6) is -0.475. The fourth-order valence-electron chi connectivity index (χ4n) is 3.29. The Morgan fingerprint density at radius 1 is 1.42 bits per heavy atom. The molecule has 6 heteroatoms. The van der Waals surface area contributed by atoms with Crippen molar-refractivity contribution in [2.45, 2.75) is 38.8 Å². The number of hydrogen-bond acceptors (Lipinski definition) is 3. The highest BCUT2D eigenvalue weighted by Crippen LogP contribution is 2.28. The molecule has 0 bridgehead atoms. The molecule has 130 valence electrons. The van der Waals surface area contributed by atoms with Gasteiger partial charge in [-0.3, -0.25) is 9.59 Å². The van der Waals surface area contributed by atoms with Crippen molar-refractivity contribution in [1.29, 1.82) is 0 Å². The summed E-state index contributed by atoms with van der Waals surface area (Å²) in [5.41, 5.74) is 0.326. The van der Waals surface area contributed by atoms with E-state index in [0.29, 0.717) is 32.7 Å². The van der Waals surface area contributed by atoms with Crippen LogP contribution >= 0.6 is 0 Å². The van der Waals surface area contributed by atoms with E-state index in [1.165, 1.54) is 12.1 Å². The van der Waals surface area contributed by atoms with Crippen LogP contribution in [-0.2, 0) is 20.9 Å². The van der Waals surface area contributed by atoms with Crippen molar-refractivity contribution in [2.75, 3.05) is 19.8 Å². The van der Waals surface area contributed by atoms with E-state index in [2.05, 4.69) is 5.32 Å². The second-order valence-corrected chi connectivity index (χ2v) is 6.92. The lowest BCUT2D eigenvalue weighted by atomic mass is 9.83. The Kier molecular flexibility index (Phi) is 4.85. The van der Waals surface area contributed by atoms with Crippen LogP contribution in [0.4, 0.5) is 4.39 Å². The van der Waals surface area contributed by atoms with Gasteiger partial charge in [0.05, 0.1) is 12.0 Å². The molecule has 0 aliphatic carbocycles. The normalized spacial score (nSPS) is 27.3. The zero-order valence-corrected chi connectivity index (χ0v) is 13.9. The molecule has 2 atom stereocenters. The molecule has 2 fully saturated rings. The van der Waals surface area contributed by atoms with Gasteiger partial charge in [0.2, 0.25) is 11.8 Å². The Morgan fingerprint density at radius 2 is 2.17 bits per heavy atom. The highest BCUT2D eigenvalue weighted by Gasteiger charge is 2.40. The fourth-order valence-corrected chi connectivity index (χ4v) is 3.29. The minimum absolute atomic E-state index is 0.0759. The van der Waals surface area contributed by atoms with Crippen molar-refractivity contribution in [2.24, 2.45) is 5.41 Å². The number of carbonyl (C=O) groups excluding carboxylic acids is 2. The topological polar surface area (TPSA) is 58.6 Å². The SMILES string of the molecule is CC1(C(=O)NC2CCN(Cc3ccc(F)cc3)C2=O)CCCOC1. The van der Waals surface area contributed by atoms with Gasteiger partial charge in [-0.15, -0.1) is 0 Å². The van der Waals surface area contributed by atoms with Crippen LogP contribution < -0.4 is 5.32 Å². The van der Waals surface area contributed by atoms with E-state index in [1.807, 2.05) is 6.92 Å². The number of ether oxygens (including phenoxy) is 1. The lowest BCUT2D eigenvalue weighted by molar-refractivity contribution is -0.141. The van der Waals surface area contributed by atoms with Gasteiger partial charge < -0.3 is 15.0 Å². The van der Waals surface area contributed by atoms with Crippen LogP contribution in [0, 0.1) is 11.2 Å². The summed E-state index contributed by atoms with van der Waals surface area (Å²) >= 11 is 0. The highest BCUT2D eigenvalue weighted by molar-refractivity contribution is 5.91. The molecule has 2 unspecified atom stereocenters. The monoisotopic (exact) mass is 334 g/mol. The third-order valence-electron chi connectivity index (χ3n) is 4.88. The molecule has 1 aromatic rings. The number of nitrogens with zero attached hydrogens (tertiary/aromatic N) is 1. The minimum Gasteiger partial charge on any atom is -0.380 e. The summed E-state index contributed by atoms with van der Waals surface area (Å²) in [6, 6.07) is 5.65. The summed E-state index contributed by atoms with van der Waals surface area (Å²) < 4.78 is 18.4. The van der Waals surface area contributed by atoms with Gasteiger partial charge in [0.1, 0.15) is 11.9 Å². The maximum atomic E-state index is 13.0. The van der Waals surface area contributed by atoms with Gasteiger partial charge in [0.25, 0.3) is 0 Å². The largest absolute Gasteiger partial charge is 0.380 e. The summed E-state index contributed by atoms with van der Waals surface area (Å²) in [6.45, 7) is 4.01. The van der Waals surface area contributed by atoms with Crippen molar-refractivity contribution in [3.63, 3.8) is 0 Å². The molecular weight excluding hydrogens is 311 g/mol. The molecule has 0 spiro atoms. The van der Waals surface area contributed by atoms with Crippen molar-refractivity contribution in [3.05, 3.63) is 35.6 Å². The molecule has 2 aliphatic heterocycles. The molecule has 2 aliphatic rings. The number of benzene rings is 1. The first-order chi connectivity index (χ1) is 11.5. The molecule has 2 heterocycles. The Morgan fingerprint density at radius 3 is 2.83 bits per heavy atom. The van der Waals surface area contributed by atoms with Gasteiger partial charge in [-0.1, -0.05) is 12.1 Å². The zero-order valence-electron chi connectivity index (χ0n) is 13.9. The number of nitrogens with one attached hydrogen (secondary N) is 1. The van der Waals surface area contributed by atoms with Crippen LogP contribution in [0.2, 0.25) is 0 Å². The Hall–Kier alpha value is -1.95. The minimum atomic E-state index is -0.553. The molecule has 1 N–H and O–H groups in total. The quantitative estimate of drug-likeness (QED) is 0.914. The second kappa shape index (κ2) is 6.89. The van der Waals surface area contributed by atoms with Crippen LogP contribution in [0.3, 0.4) is 0 Å². The van der Waals surface area contributed by atoms with Crippen molar-refractivity contribution in [1.82, 2.24) is 10.2 Å². The molecule has 2 saturated heterocycles. The van der Waals surface area contributed by atoms with Crippen LogP contribution in [0.1, 0.15) is 31.7 Å². The molecule has 24 heavy (non-hydrogen) atoms. The predicted octanol–water partition coefficient (Wildman–Crippen LogP) is 1.86. The number of hydrogen-bond donors (Lipinski definition) is 1. The third kappa shape index (κ3) is 3.59. The van der Waals surface area contributed by atoms with Crippen LogP contribution in [0.5, 0.6) is 0 Å². The number of rotatable bonds is 4. The van der Waals surface area contributed by atoms with Crippen LogP contribution in [-0.4, -0.2) is 42.5 Å². The summed E-state index contributed by atoms with van der Waals surface area (Å²) in [5, 5.41) is 2.89. The summed E-state index contributed by atoms with van der Waals surface area (Å²) in [7, 11) is 0. The van der Waals surface area contributed by atoms with Gasteiger partial charge in [-0.25, -0.2) is 4.39 Å². The van der Waals surface area contributed by atoms with E-state index in [4.69, 9.17) is 4.74 Å². The molecule has 0 saturated carbocycles. The smallest absolute Gasteiger partial charge is 0.245 e. The molecule has 5 nitrogen and oxygen atoms in total. The first kappa shape index (κ1) is 16.9. The lowest BCUT2D eigenvalue weighted by Crippen LogP contribution is -2.50. The van der Waals surface area contributed by atoms with Crippen molar-refractivity contribution in [3.8, 4) is 0 Å². The lowest BCUT2D eigenvalue weighted by Gasteiger charge is -2.32. The van der Waals surface area contributed by atoms with Crippen LogP contribution in [0.15, 0.2) is 24.3 Å². The van der Waals surface area contributed by atoms with Gasteiger partial charge >= 0.3 is 0 Å². The maximum Gasteiger partial charge on any atom is 0.245 e. The highest BCUT2D eigenvalue weighted by atomic mass is 19.1. The van der Waals surface area contributed by atoms with E-state index in [-0.39, 0.29) is 17.6 Å². The maximum absolute atomic E-state index is 13.0.